The van der Waals surface area contributed by atoms with Gasteiger partial charge in [0.05, 0.1) is 4.90 Å². The molecule has 4 rings (SSSR count). The molecule has 1 unspecified atom stereocenters. The summed E-state index contributed by atoms with van der Waals surface area (Å²) in [4.78, 5) is 5.58. The topological polar surface area (TPSA) is 76.3 Å². The van der Waals surface area contributed by atoms with Crippen molar-refractivity contribution in [2.45, 2.75) is 28.7 Å². The third-order valence-corrected chi connectivity index (χ3v) is 8.98. The Hall–Kier alpha value is -1.64. The molecule has 1 saturated heterocycles. The molecule has 1 fully saturated rings. The lowest BCUT2D eigenvalue weighted by molar-refractivity contribution is 0.252. The summed E-state index contributed by atoms with van der Waals surface area (Å²) in [5.41, 5.74) is 6.44. The van der Waals surface area contributed by atoms with E-state index in [1.807, 2.05) is 30.3 Å². The fourth-order valence-corrected chi connectivity index (χ4v) is 6.66. The van der Waals surface area contributed by atoms with E-state index in [0.29, 0.717) is 29.3 Å². The van der Waals surface area contributed by atoms with Crippen LogP contribution in [0.15, 0.2) is 70.7 Å². The van der Waals surface area contributed by atoms with Crippen LogP contribution in [0.1, 0.15) is 12.8 Å². The summed E-state index contributed by atoms with van der Waals surface area (Å²) in [5.74, 6) is 1.11. The number of sulfonamides is 1. The van der Waals surface area contributed by atoms with E-state index >= 15 is 0 Å². The van der Waals surface area contributed by atoms with E-state index < -0.39 is 10.0 Å². The van der Waals surface area contributed by atoms with Crippen molar-refractivity contribution in [2.75, 3.05) is 18.8 Å². The molecule has 5 nitrogen and oxygen atoms in total. The molecule has 1 aliphatic heterocycles. The molecule has 30 heavy (non-hydrogen) atoms. The van der Waals surface area contributed by atoms with E-state index in [1.54, 1.807) is 46.7 Å². The van der Waals surface area contributed by atoms with Gasteiger partial charge in [0.25, 0.3) is 0 Å². The largest absolute Gasteiger partial charge is 0.327 e. The van der Waals surface area contributed by atoms with Crippen molar-refractivity contribution in [3.63, 3.8) is 0 Å². The van der Waals surface area contributed by atoms with Gasteiger partial charge in [-0.3, -0.25) is 4.98 Å². The minimum atomic E-state index is -3.55. The Morgan fingerprint density at radius 2 is 1.87 bits per heavy atom. The monoisotopic (exact) mass is 461 g/mol. The van der Waals surface area contributed by atoms with Gasteiger partial charge in [-0.1, -0.05) is 23.7 Å². The summed E-state index contributed by atoms with van der Waals surface area (Å²) in [7, 11) is -3.55. The number of rotatable bonds is 6. The summed E-state index contributed by atoms with van der Waals surface area (Å²) < 4.78 is 28.1. The molecule has 3 aromatic rings. The van der Waals surface area contributed by atoms with E-state index in [4.69, 9.17) is 17.3 Å². The van der Waals surface area contributed by atoms with Crippen LogP contribution in [0, 0.1) is 5.92 Å². The van der Waals surface area contributed by atoms with Crippen molar-refractivity contribution in [3.05, 3.63) is 65.9 Å². The highest BCUT2D eigenvalue weighted by molar-refractivity contribution is 7.99. The smallest absolute Gasteiger partial charge is 0.243 e. The molecule has 1 aliphatic rings. The first-order chi connectivity index (χ1) is 14.4. The van der Waals surface area contributed by atoms with Gasteiger partial charge in [0.15, 0.2) is 0 Å². The molecule has 158 valence electrons. The highest BCUT2D eigenvalue weighted by atomic mass is 35.5. The maximum Gasteiger partial charge on any atom is 0.243 e. The average Bonchev–Trinajstić information content (AvgIpc) is 2.78. The molecule has 2 N–H and O–H groups in total. The van der Waals surface area contributed by atoms with Crippen molar-refractivity contribution in [3.8, 4) is 0 Å². The number of benzene rings is 2. The average molecular weight is 462 g/mol. The second-order valence-corrected chi connectivity index (χ2v) is 11.0. The predicted molar refractivity (Wildman–Crippen MR) is 123 cm³/mol. The number of fused-ring (bicyclic) bond motifs is 1. The van der Waals surface area contributed by atoms with Crippen LogP contribution >= 0.6 is 23.4 Å². The fourth-order valence-electron chi connectivity index (χ4n) is 3.86. The number of nitrogens with zero attached hydrogens (tertiary/aromatic N) is 2. The molecule has 1 aromatic heterocycles. The van der Waals surface area contributed by atoms with Gasteiger partial charge in [-0.2, -0.15) is 4.31 Å². The molecule has 0 spiro atoms. The number of thioether (sulfide) groups is 1. The van der Waals surface area contributed by atoms with Crippen molar-refractivity contribution in [2.24, 2.45) is 11.7 Å². The molecule has 1 atom stereocenters. The first-order valence-electron chi connectivity index (χ1n) is 9.92. The maximum absolute atomic E-state index is 13.3. The van der Waals surface area contributed by atoms with Crippen molar-refractivity contribution in [1.29, 1.82) is 0 Å². The van der Waals surface area contributed by atoms with Crippen LogP contribution in [0.2, 0.25) is 5.02 Å². The van der Waals surface area contributed by atoms with Gasteiger partial charge in [-0.05, 0) is 55.2 Å². The molecule has 2 aromatic carbocycles. The lowest BCUT2D eigenvalue weighted by atomic mass is 9.92. The summed E-state index contributed by atoms with van der Waals surface area (Å²) >= 11 is 7.65. The highest BCUT2D eigenvalue weighted by Crippen LogP contribution is 2.30. The molecule has 0 saturated carbocycles. The summed E-state index contributed by atoms with van der Waals surface area (Å²) in [5, 5.41) is 2.26. The van der Waals surface area contributed by atoms with Crippen molar-refractivity contribution in [1.82, 2.24) is 9.29 Å². The molecular formula is C22H24ClN3O2S2. The number of halogens is 1. The van der Waals surface area contributed by atoms with Crippen LogP contribution in [-0.4, -0.2) is 42.6 Å². The lowest BCUT2D eigenvalue weighted by Crippen LogP contribution is -2.44. The maximum atomic E-state index is 13.3. The van der Waals surface area contributed by atoms with Gasteiger partial charge in [0.1, 0.15) is 0 Å². The second-order valence-electron chi connectivity index (χ2n) is 7.52. The molecule has 8 heteroatoms. The molecule has 0 aliphatic carbocycles. The van der Waals surface area contributed by atoms with E-state index in [2.05, 4.69) is 4.98 Å². The van der Waals surface area contributed by atoms with Crippen LogP contribution in [0.25, 0.3) is 10.8 Å². The third kappa shape index (κ3) is 4.65. The number of hydrogen-bond donors (Lipinski definition) is 1. The Morgan fingerprint density at radius 1 is 1.13 bits per heavy atom. The van der Waals surface area contributed by atoms with Gasteiger partial charge in [-0.25, -0.2) is 8.42 Å². The molecule has 0 amide bonds. The van der Waals surface area contributed by atoms with Crippen LogP contribution in [0.3, 0.4) is 0 Å². The van der Waals surface area contributed by atoms with Gasteiger partial charge < -0.3 is 5.73 Å². The standard InChI is InChI=1S/C22H24ClN3O2S2/c23-18-4-6-19(7-5-18)29-15-21(24)16-9-12-26(13-10-16)30(27,28)22-3-1-2-17-14-25-11-8-20(17)22/h1-8,11,14,16,21H,9-10,12-13,15,24H2. The van der Waals surface area contributed by atoms with Crippen LogP contribution in [0.5, 0.6) is 0 Å². The summed E-state index contributed by atoms with van der Waals surface area (Å²) in [6.07, 6.45) is 4.87. The van der Waals surface area contributed by atoms with E-state index in [0.717, 1.165) is 33.9 Å². The minimum absolute atomic E-state index is 0.0270. The first kappa shape index (κ1) is 21.6. The fraction of sp³-hybridized carbons (Fsp3) is 0.318. The third-order valence-electron chi connectivity index (χ3n) is 5.62. The van der Waals surface area contributed by atoms with E-state index in [-0.39, 0.29) is 6.04 Å². The number of piperidine rings is 1. The van der Waals surface area contributed by atoms with Crippen LogP contribution < -0.4 is 5.73 Å². The molecule has 0 radical (unpaired) electrons. The van der Waals surface area contributed by atoms with Gasteiger partial charge >= 0.3 is 0 Å². The highest BCUT2D eigenvalue weighted by Gasteiger charge is 2.32. The van der Waals surface area contributed by atoms with Crippen molar-refractivity contribution >= 4 is 44.2 Å². The first-order valence-corrected chi connectivity index (χ1v) is 12.7. The summed E-state index contributed by atoms with van der Waals surface area (Å²) in [6, 6.07) is 14.9. The molecular weight excluding hydrogens is 438 g/mol. The Kier molecular flexibility index (Phi) is 6.65. The lowest BCUT2D eigenvalue weighted by Gasteiger charge is -2.34. The number of aromatic nitrogens is 1. The van der Waals surface area contributed by atoms with Crippen LogP contribution in [0.4, 0.5) is 0 Å². The molecule has 0 bridgehead atoms. The number of nitrogens with two attached hydrogens (primary N) is 1. The van der Waals surface area contributed by atoms with Gasteiger partial charge in [0, 0.05) is 58.0 Å². The number of hydrogen-bond acceptors (Lipinski definition) is 5. The second kappa shape index (κ2) is 9.24. The minimum Gasteiger partial charge on any atom is -0.327 e. The Labute approximate surface area is 186 Å². The zero-order valence-corrected chi connectivity index (χ0v) is 18.8. The zero-order chi connectivity index (χ0) is 21.1. The Morgan fingerprint density at radius 3 is 2.60 bits per heavy atom. The Bertz CT molecular complexity index is 1110. The SMILES string of the molecule is NC(CSc1ccc(Cl)cc1)C1CCN(S(=O)(=O)c2cccc3cnccc23)CC1. The zero-order valence-electron chi connectivity index (χ0n) is 16.4. The normalized spacial score (nSPS) is 17.3. The van der Waals surface area contributed by atoms with Crippen LogP contribution in [-0.2, 0) is 10.0 Å². The van der Waals surface area contributed by atoms with Gasteiger partial charge in [0.2, 0.25) is 10.0 Å². The summed E-state index contributed by atoms with van der Waals surface area (Å²) in [6.45, 7) is 0.988. The van der Waals surface area contributed by atoms with Gasteiger partial charge in [-0.15, -0.1) is 11.8 Å². The molecule has 2 heterocycles. The van der Waals surface area contributed by atoms with Crippen molar-refractivity contribution < 1.29 is 8.42 Å². The Balaban J connectivity index is 1.39. The predicted octanol–water partition coefficient (Wildman–Crippen LogP) is 4.41. The quantitative estimate of drug-likeness (QED) is 0.550. The van der Waals surface area contributed by atoms with E-state index in [1.165, 1.54) is 0 Å². The number of pyridine rings is 1. The van der Waals surface area contributed by atoms with E-state index in [9.17, 15) is 8.42 Å².